The van der Waals surface area contributed by atoms with Gasteiger partial charge < -0.3 is 20.6 Å². The molecular weight excluding hydrogens is 372 g/mol. The first-order chi connectivity index (χ1) is 13.5. The molecule has 1 saturated heterocycles. The maximum Gasteiger partial charge on any atom is 0.191 e. The molecule has 2 aromatic rings. The molecule has 0 aromatic heterocycles. The molecule has 0 radical (unpaired) electrons. The molecule has 0 aliphatic carbocycles. The minimum atomic E-state index is -0.371. The molecule has 0 saturated carbocycles. The minimum absolute atomic E-state index is 0.162. The number of rotatable bonds is 6. The summed E-state index contributed by atoms with van der Waals surface area (Å²) in [5.41, 5.74) is 8.66. The molecule has 1 aliphatic rings. The van der Waals surface area contributed by atoms with E-state index < -0.39 is 0 Å². The molecule has 0 spiro atoms. The van der Waals surface area contributed by atoms with Crippen LogP contribution in [0.25, 0.3) is 0 Å². The molecule has 28 heavy (non-hydrogen) atoms. The first-order valence-electron chi connectivity index (χ1n) is 9.81. The van der Waals surface area contributed by atoms with Crippen molar-refractivity contribution in [2.45, 2.75) is 25.4 Å². The number of nitrogens with zero attached hydrogens (tertiary/aromatic N) is 3. The standard InChI is InChI=1S/C22H29ClN4O/c1-17(28)15-19(18-5-3-2-4-6-18)16-25-22(24)27-13-11-26(12-14-27)21-9-7-20(23)8-10-21/h2-10,17,19,28H,11-16H2,1H3,(H2,24,25). The predicted octanol–water partition coefficient (Wildman–Crippen LogP) is 3.33. The van der Waals surface area contributed by atoms with E-state index in [0.29, 0.717) is 18.9 Å². The van der Waals surface area contributed by atoms with Crippen molar-refractivity contribution in [2.75, 3.05) is 37.6 Å². The van der Waals surface area contributed by atoms with Gasteiger partial charge in [0.1, 0.15) is 0 Å². The quantitative estimate of drug-likeness (QED) is 0.576. The average Bonchev–Trinajstić information content (AvgIpc) is 2.72. The van der Waals surface area contributed by atoms with Crippen LogP contribution in [-0.4, -0.2) is 54.8 Å². The summed E-state index contributed by atoms with van der Waals surface area (Å²) in [6, 6.07) is 18.2. The van der Waals surface area contributed by atoms with Crippen LogP contribution < -0.4 is 10.6 Å². The summed E-state index contributed by atoms with van der Waals surface area (Å²) < 4.78 is 0. The van der Waals surface area contributed by atoms with Crippen molar-refractivity contribution in [3.05, 3.63) is 65.2 Å². The van der Waals surface area contributed by atoms with E-state index in [-0.39, 0.29) is 12.0 Å². The summed E-state index contributed by atoms with van der Waals surface area (Å²) in [6.07, 6.45) is 0.301. The number of guanidine groups is 1. The van der Waals surface area contributed by atoms with Crippen LogP contribution in [-0.2, 0) is 0 Å². The zero-order chi connectivity index (χ0) is 19.9. The molecule has 0 bridgehead atoms. The van der Waals surface area contributed by atoms with Gasteiger partial charge in [-0.05, 0) is 43.2 Å². The smallest absolute Gasteiger partial charge is 0.191 e. The molecule has 0 amide bonds. The van der Waals surface area contributed by atoms with Crippen LogP contribution in [0.4, 0.5) is 5.69 Å². The van der Waals surface area contributed by atoms with E-state index in [2.05, 4.69) is 39.1 Å². The Bertz CT molecular complexity index is 756. The number of anilines is 1. The third-order valence-electron chi connectivity index (χ3n) is 5.17. The lowest BCUT2D eigenvalue weighted by Gasteiger charge is -2.36. The van der Waals surface area contributed by atoms with Gasteiger partial charge in [-0.2, -0.15) is 0 Å². The van der Waals surface area contributed by atoms with Crippen molar-refractivity contribution in [3.8, 4) is 0 Å². The highest BCUT2D eigenvalue weighted by Crippen LogP contribution is 2.22. The number of nitrogens with two attached hydrogens (primary N) is 1. The fourth-order valence-electron chi connectivity index (χ4n) is 3.60. The van der Waals surface area contributed by atoms with Crippen LogP contribution in [0.1, 0.15) is 24.8 Å². The van der Waals surface area contributed by atoms with Gasteiger partial charge in [0.2, 0.25) is 0 Å². The monoisotopic (exact) mass is 400 g/mol. The SMILES string of the molecule is CC(O)CC(CN=C(N)N1CCN(c2ccc(Cl)cc2)CC1)c1ccccc1. The number of hydrogen-bond acceptors (Lipinski definition) is 3. The van der Waals surface area contributed by atoms with Crippen molar-refractivity contribution in [2.24, 2.45) is 10.7 Å². The Labute approximate surface area is 172 Å². The number of aliphatic hydroxyl groups excluding tert-OH is 1. The second-order valence-corrected chi connectivity index (χ2v) is 7.78. The summed E-state index contributed by atoms with van der Waals surface area (Å²) in [5, 5.41) is 10.6. The Kier molecular flexibility index (Phi) is 7.18. The molecule has 1 fully saturated rings. The van der Waals surface area contributed by atoms with E-state index in [1.165, 1.54) is 11.3 Å². The van der Waals surface area contributed by atoms with Crippen LogP contribution in [0.15, 0.2) is 59.6 Å². The summed E-state index contributed by atoms with van der Waals surface area (Å²) >= 11 is 5.98. The third-order valence-corrected chi connectivity index (χ3v) is 5.42. The van der Waals surface area contributed by atoms with E-state index in [1.54, 1.807) is 0 Å². The van der Waals surface area contributed by atoms with Crippen LogP contribution in [0.3, 0.4) is 0 Å². The molecule has 1 aliphatic heterocycles. The fourth-order valence-corrected chi connectivity index (χ4v) is 3.73. The molecule has 1 heterocycles. The van der Waals surface area contributed by atoms with E-state index >= 15 is 0 Å². The van der Waals surface area contributed by atoms with Crippen molar-refractivity contribution in [1.82, 2.24) is 4.90 Å². The largest absolute Gasteiger partial charge is 0.393 e. The van der Waals surface area contributed by atoms with Gasteiger partial charge in [-0.3, -0.25) is 4.99 Å². The van der Waals surface area contributed by atoms with Gasteiger partial charge in [-0.15, -0.1) is 0 Å². The average molecular weight is 401 g/mol. The highest BCUT2D eigenvalue weighted by molar-refractivity contribution is 6.30. The third kappa shape index (κ3) is 5.63. The summed E-state index contributed by atoms with van der Waals surface area (Å²) in [4.78, 5) is 9.13. The Morgan fingerprint density at radius 3 is 2.32 bits per heavy atom. The maximum absolute atomic E-state index is 9.85. The lowest BCUT2D eigenvalue weighted by Crippen LogP contribution is -2.51. The highest BCUT2D eigenvalue weighted by atomic mass is 35.5. The number of halogens is 1. The molecule has 5 nitrogen and oxygen atoms in total. The number of benzene rings is 2. The Balaban J connectivity index is 1.58. The molecule has 3 N–H and O–H groups in total. The molecule has 3 rings (SSSR count). The van der Waals surface area contributed by atoms with E-state index in [1.807, 2.05) is 37.3 Å². The summed E-state index contributed by atoms with van der Waals surface area (Å²) in [6.45, 7) is 5.87. The van der Waals surface area contributed by atoms with Gasteiger partial charge in [0.05, 0.1) is 6.10 Å². The van der Waals surface area contributed by atoms with Crippen molar-refractivity contribution in [1.29, 1.82) is 0 Å². The number of hydrogen-bond donors (Lipinski definition) is 2. The fraction of sp³-hybridized carbons (Fsp3) is 0.409. The molecule has 2 aromatic carbocycles. The van der Waals surface area contributed by atoms with E-state index in [0.717, 1.165) is 31.2 Å². The summed E-state index contributed by atoms with van der Waals surface area (Å²) in [7, 11) is 0. The van der Waals surface area contributed by atoms with Crippen LogP contribution >= 0.6 is 11.6 Å². The van der Waals surface area contributed by atoms with E-state index in [9.17, 15) is 5.11 Å². The van der Waals surface area contributed by atoms with Crippen molar-refractivity contribution < 1.29 is 5.11 Å². The second kappa shape index (κ2) is 9.80. The zero-order valence-electron chi connectivity index (χ0n) is 16.3. The van der Waals surface area contributed by atoms with Gasteiger partial charge in [0.25, 0.3) is 0 Å². The first-order valence-corrected chi connectivity index (χ1v) is 10.2. The number of aliphatic imine (C=N–C) groups is 1. The van der Waals surface area contributed by atoms with Gasteiger partial charge in [0.15, 0.2) is 5.96 Å². The van der Waals surface area contributed by atoms with Gasteiger partial charge >= 0.3 is 0 Å². The molecule has 2 unspecified atom stereocenters. The molecule has 150 valence electrons. The molecular formula is C22H29ClN4O. The Morgan fingerprint density at radius 2 is 1.71 bits per heavy atom. The topological polar surface area (TPSA) is 65.1 Å². The summed E-state index contributed by atoms with van der Waals surface area (Å²) in [5.74, 6) is 0.748. The lowest BCUT2D eigenvalue weighted by molar-refractivity contribution is 0.175. The highest BCUT2D eigenvalue weighted by Gasteiger charge is 2.19. The van der Waals surface area contributed by atoms with Gasteiger partial charge in [0, 0.05) is 49.4 Å². The Hall–Kier alpha value is -2.24. The van der Waals surface area contributed by atoms with Crippen LogP contribution in [0.5, 0.6) is 0 Å². The van der Waals surface area contributed by atoms with Gasteiger partial charge in [-0.25, -0.2) is 0 Å². The molecule has 6 heteroatoms. The zero-order valence-corrected chi connectivity index (χ0v) is 17.1. The minimum Gasteiger partial charge on any atom is -0.393 e. The number of aliphatic hydroxyl groups is 1. The van der Waals surface area contributed by atoms with Crippen LogP contribution in [0.2, 0.25) is 5.02 Å². The van der Waals surface area contributed by atoms with Crippen molar-refractivity contribution >= 4 is 23.2 Å². The van der Waals surface area contributed by atoms with Gasteiger partial charge in [-0.1, -0.05) is 41.9 Å². The Morgan fingerprint density at radius 1 is 1.07 bits per heavy atom. The van der Waals surface area contributed by atoms with Crippen LogP contribution in [0, 0.1) is 0 Å². The lowest BCUT2D eigenvalue weighted by atomic mass is 9.93. The molecule has 2 atom stereocenters. The normalized spacial score (nSPS) is 17.5. The van der Waals surface area contributed by atoms with Crippen molar-refractivity contribution in [3.63, 3.8) is 0 Å². The first kappa shape index (κ1) is 20.5. The second-order valence-electron chi connectivity index (χ2n) is 7.34. The van der Waals surface area contributed by atoms with E-state index in [4.69, 9.17) is 17.3 Å². The predicted molar refractivity (Wildman–Crippen MR) is 117 cm³/mol. The number of piperazine rings is 1. The maximum atomic E-state index is 9.85.